The Hall–Kier alpha value is -0.570. The number of hydrogen-bond acceptors (Lipinski definition) is 3. The van der Waals surface area contributed by atoms with Gasteiger partial charge in [0.05, 0.1) is 12.5 Å². The molecule has 0 aliphatic heterocycles. The second-order valence-corrected chi connectivity index (χ2v) is 5.23. The molecular formula is C12H25NO2. The van der Waals surface area contributed by atoms with Crippen LogP contribution in [0, 0.1) is 17.3 Å². The SMILES string of the molecule is COC(=O)C(C)(C)CNCC(C)C(C)C. The van der Waals surface area contributed by atoms with Crippen LogP contribution in [0.5, 0.6) is 0 Å². The first-order chi connectivity index (χ1) is 6.81. The molecule has 0 saturated carbocycles. The Morgan fingerprint density at radius 1 is 1.33 bits per heavy atom. The zero-order valence-corrected chi connectivity index (χ0v) is 10.9. The Kier molecular flexibility index (Phi) is 5.88. The van der Waals surface area contributed by atoms with Gasteiger partial charge in [-0.2, -0.15) is 0 Å². The smallest absolute Gasteiger partial charge is 0.312 e. The monoisotopic (exact) mass is 215 g/mol. The summed E-state index contributed by atoms with van der Waals surface area (Å²) in [6.07, 6.45) is 0. The van der Waals surface area contributed by atoms with Crippen LogP contribution in [0.3, 0.4) is 0 Å². The van der Waals surface area contributed by atoms with Crippen molar-refractivity contribution in [1.82, 2.24) is 5.32 Å². The molecule has 0 saturated heterocycles. The van der Waals surface area contributed by atoms with Crippen LogP contribution in [0.4, 0.5) is 0 Å². The van der Waals surface area contributed by atoms with Crippen LogP contribution in [-0.2, 0) is 9.53 Å². The quantitative estimate of drug-likeness (QED) is 0.689. The van der Waals surface area contributed by atoms with Crippen LogP contribution in [0.1, 0.15) is 34.6 Å². The summed E-state index contributed by atoms with van der Waals surface area (Å²) in [5.74, 6) is 1.13. The molecule has 0 amide bonds. The summed E-state index contributed by atoms with van der Waals surface area (Å²) < 4.78 is 4.74. The Bertz CT molecular complexity index is 200. The van der Waals surface area contributed by atoms with E-state index in [0.29, 0.717) is 18.4 Å². The van der Waals surface area contributed by atoms with Crippen molar-refractivity contribution in [2.75, 3.05) is 20.2 Å². The van der Waals surface area contributed by atoms with Crippen molar-refractivity contribution >= 4 is 5.97 Å². The zero-order valence-electron chi connectivity index (χ0n) is 10.9. The van der Waals surface area contributed by atoms with E-state index in [1.165, 1.54) is 7.11 Å². The average molecular weight is 215 g/mol. The highest BCUT2D eigenvalue weighted by Crippen LogP contribution is 2.16. The van der Waals surface area contributed by atoms with Crippen molar-refractivity contribution in [3.8, 4) is 0 Å². The lowest BCUT2D eigenvalue weighted by molar-refractivity contribution is -0.150. The number of ether oxygens (including phenoxy) is 1. The minimum absolute atomic E-state index is 0.160. The predicted molar refractivity (Wildman–Crippen MR) is 62.7 cm³/mol. The lowest BCUT2D eigenvalue weighted by Gasteiger charge is -2.24. The first-order valence-corrected chi connectivity index (χ1v) is 5.60. The summed E-state index contributed by atoms with van der Waals surface area (Å²) in [4.78, 5) is 11.4. The van der Waals surface area contributed by atoms with E-state index in [4.69, 9.17) is 4.74 Å². The van der Waals surface area contributed by atoms with Gasteiger partial charge in [-0.1, -0.05) is 20.8 Å². The molecule has 3 nitrogen and oxygen atoms in total. The molecule has 0 spiro atoms. The molecule has 0 rings (SSSR count). The van der Waals surface area contributed by atoms with Gasteiger partial charge < -0.3 is 10.1 Å². The highest BCUT2D eigenvalue weighted by molar-refractivity contribution is 5.76. The first kappa shape index (κ1) is 14.4. The molecule has 90 valence electrons. The minimum Gasteiger partial charge on any atom is -0.469 e. The lowest BCUT2D eigenvalue weighted by atomic mass is 9.92. The molecule has 0 aromatic carbocycles. The molecule has 0 aliphatic rings. The molecule has 1 atom stereocenters. The van der Waals surface area contributed by atoms with Crippen LogP contribution in [0.2, 0.25) is 0 Å². The van der Waals surface area contributed by atoms with Crippen LogP contribution >= 0.6 is 0 Å². The molecule has 0 heterocycles. The van der Waals surface area contributed by atoms with E-state index < -0.39 is 5.41 Å². The van der Waals surface area contributed by atoms with E-state index in [1.807, 2.05) is 13.8 Å². The van der Waals surface area contributed by atoms with Gasteiger partial charge in [-0.05, 0) is 32.2 Å². The van der Waals surface area contributed by atoms with Gasteiger partial charge in [0.15, 0.2) is 0 Å². The number of hydrogen-bond donors (Lipinski definition) is 1. The third-order valence-electron chi connectivity index (χ3n) is 2.91. The van der Waals surface area contributed by atoms with Gasteiger partial charge in [-0.15, -0.1) is 0 Å². The highest BCUT2D eigenvalue weighted by atomic mass is 16.5. The molecule has 0 aromatic heterocycles. The fraction of sp³-hybridized carbons (Fsp3) is 0.917. The summed E-state index contributed by atoms with van der Waals surface area (Å²) in [5.41, 5.74) is -0.439. The first-order valence-electron chi connectivity index (χ1n) is 5.60. The fourth-order valence-corrected chi connectivity index (χ4v) is 1.20. The number of esters is 1. The molecule has 3 heteroatoms. The van der Waals surface area contributed by atoms with Crippen molar-refractivity contribution in [3.05, 3.63) is 0 Å². The molecule has 0 radical (unpaired) electrons. The van der Waals surface area contributed by atoms with Crippen molar-refractivity contribution in [1.29, 1.82) is 0 Å². The van der Waals surface area contributed by atoms with Gasteiger partial charge in [0.25, 0.3) is 0 Å². The summed E-state index contributed by atoms with van der Waals surface area (Å²) in [7, 11) is 1.43. The zero-order chi connectivity index (χ0) is 12.1. The molecule has 0 aromatic rings. The summed E-state index contributed by atoms with van der Waals surface area (Å²) in [6, 6.07) is 0. The van der Waals surface area contributed by atoms with Gasteiger partial charge in [-0.3, -0.25) is 4.79 Å². The molecule has 0 aliphatic carbocycles. The highest BCUT2D eigenvalue weighted by Gasteiger charge is 2.28. The Morgan fingerprint density at radius 2 is 1.87 bits per heavy atom. The third kappa shape index (κ3) is 5.17. The van der Waals surface area contributed by atoms with E-state index in [-0.39, 0.29) is 5.97 Å². The average Bonchev–Trinajstić information content (AvgIpc) is 2.15. The van der Waals surface area contributed by atoms with Gasteiger partial charge >= 0.3 is 5.97 Å². The van der Waals surface area contributed by atoms with Crippen LogP contribution in [-0.4, -0.2) is 26.2 Å². The number of carbonyl (C=O) groups is 1. The number of rotatable bonds is 6. The second-order valence-electron chi connectivity index (χ2n) is 5.23. The van der Waals surface area contributed by atoms with E-state index >= 15 is 0 Å². The molecule has 1 unspecified atom stereocenters. The van der Waals surface area contributed by atoms with Crippen LogP contribution in [0.25, 0.3) is 0 Å². The number of nitrogens with one attached hydrogen (secondary N) is 1. The van der Waals surface area contributed by atoms with Crippen LogP contribution in [0.15, 0.2) is 0 Å². The normalized spacial score (nSPS) is 14.1. The van der Waals surface area contributed by atoms with E-state index in [0.717, 1.165) is 6.54 Å². The second kappa shape index (κ2) is 6.11. The number of methoxy groups -OCH3 is 1. The van der Waals surface area contributed by atoms with Gasteiger partial charge in [0, 0.05) is 6.54 Å². The molecule has 15 heavy (non-hydrogen) atoms. The van der Waals surface area contributed by atoms with Crippen molar-refractivity contribution in [3.63, 3.8) is 0 Å². The van der Waals surface area contributed by atoms with Gasteiger partial charge in [0.1, 0.15) is 0 Å². The number of carbonyl (C=O) groups excluding carboxylic acids is 1. The van der Waals surface area contributed by atoms with E-state index in [1.54, 1.807) is 0 Å². The molecule has 1 N–H and O–H groups in total. The van der Waals surface area contributed by atoms with E-state index in [2.05, 4.69) is 26.1 Å². The fourth-order valence-electron chi connectivity index (χ4n) is 1.20. The third-order valence-corrected chi connectivity index (χ3v) is 2.91. The maximum atomic E-state index is 11.4. The standard InChI is InChI=1S/C12H25NO2/c1-9(2)10(3)7-13-8-12(4,5)11(14)15-6/h9-10,13H,7-8H2,1-6H3. The minimum atomic E-state index is -0.439. The van der Waals surface area contributed by atoms with Crippen molar-refractivity contribution in [2.24, 2.45) is 17.3 Å². The Balaban J connectivity index is 3.90. The largest absolute Gasteiger partial charge is 0.469 e. The molecule has 0 bridgehead atoms. The van der Waals surface area contributed by atoms with Gasteiger partial charge in [0.2, 0.25) is 0 Å². The van der Waals surface area contributed by atoms with E-state index in [9.17, 15) is 4.79 Å². The maximum Gasteiger partial charge on any atom is 0.312 e. The Labute approximate surface area is 93.6 Å². The summed E-state index contributed by atoms with van der Waals surface area (Å²) in [6.45, 7) is 12.0. The van der Waals surface area contributed by atoms with Crippen molar-refractivity contribution in [2.45, 2.75) is 34.6 Å². The maximum absolute atomic E-state index is 11.4. The predicted octanol–water partition coefficient (Wildman–Crippen LogP) is 2.07. The van der Waals surface area contributed by atoms with Crippen LogP contribution < -0.4 is 5.32 Å². The molecule has 0 fully saturated rings. The lowest BCUT2D eigenvalue weighted by Crippen LogP contribution is -2.39. The van der Waals surface area contributed by atoms with Crippen molar-refractivity contribution < 1.29 is 9.53 Å². The molecular weight excluding hydrogens is 190 g/mol. The Morgan fingerprint density at radius 3 is 2.27 bits per heavy atom. The topological polar surface area (TPSA) is 38.3 Å². The van der Waals surface area contributed by atoms with Gasteiger partial charge in [-0.25, -0.2) is 0 Å². The summed E-state index contributed by atoms with van der Waals surface area (Å²) >= 11 is 0. The summed E-state index contributed by atoms with van der Waals surface area (Å²) in [5, 5.41) is 3.32.